The molecule has 0 spiro atoms. The normalized spacial score (nSPS) is 23.6. The van der Waals surface area contributed by atoms with Crippen molar-refractivity contribution in [1.29, 1.82) is 0 Å². The first-order chi connectivity index (χ1) is 16.0. The molecule has 1 saturated carbocycles. The summed E-state index contributed by atoms with van der Waals surface area (Å²) in [4.78, 5) is 25.8. The molecule has 1 aliphatic carbocycles. The molecule has 1 aliphatic heterocycles. The van der Waals surface area contributed by atoms with Gasteiger partial charge in [0.1, 0.15) is 5.02 Å². The fourth-order valence-electron chi connectivity index (χ4n) is 5.28. The fraction of sp³-hybridized carbons (Fsp3) is 0.542. The van der Waals surface area contributed by atoms with Crippen LogP contribution in [0.15, 0.2) is 40.1 Å². The highest BCUT2D eigenvalue weighted by Crippen LogP contribution is 2.35. The molecule has 1 N–H and O–H groups in total. The lowest BCUT2D eigenvalue weighted by Gasteiger charge is -2.30. The third-order valence-electron chi connectivity index (χ3n) is 7.15. The van der Waals surface area contributed by atoms with Crippen LogP contribution in [0.5, 0.6) is 0 Å². The maximum Gasteiger partial charge on any atom is 0.329 e. The number of fused-ring (bicyclic) bond motifs is 1. The van der Waals surface area contributed by atoms with Gasteiger partial charge in [0.25, 0.3) is 5.56 Å². The summed E-state index contributed by atoms with van der Waals surface area (Å²) in [5, 5.41) is 7.92. The zero-order chi connectivity index (χ0) is 22.9. The molecular weight excluding hydrogens is 442 g/mol. The van der Waals surface area contributed by atoms with E-state index in [-0.39, 0.29) is 28.4 Å². The SMILES string of the molecule is Cn1c(=O)n(C2CCC(n3ncc(NCC4CCCOC4)c(Cl)c3=O)CC2)c2ccccc21. The first-order valence-electron chi connectivity index (χ1n) is 11.8. The van der Waals surface area contributed by atoms with Gasteiger partial charge in [0, 0.05) is 26.2 Å². The van der Waals surface area contributed by atoms with Crippen LogP contribution in [-0.2, 0) is 11.8 Å². The van der Waals surface area contributed by atoms with Crippen LogP contribution in [0.2, 0.25) is 5.02 Å². The zero-order valence-electron chi connectivity index (χ0n) is 18.9. The number of benzene rings is 1. The Bertz CT molecular complexity index is 1250. The van der Waals surface area contributed by atoms with Gasteiger partial charge in [-0.15, -0.1) is 0 Å². The molecule has 0 bridgehead atoms. The van der Waals surface area contributed by atoms with E-state index in [1.54, 1.807) is 10.8 Å². The van der Waals surface area contributed by atoms with Crippen LogP contribution in [0.1, 0.15) is 50.6 Å². The molecule has 5 rings (SSSR count). The number of hydrogen-bond donors (Lipinski definition) is 1. The van der Waals surface area contributed by atoms with Crippen LogP contribution in [0, 0.1) is 5.92 Å². The van der Waals surface area contributed by atoms with Gasteiger partial charge in [0.2, 0.25) is 0 Å². The van der Waals surface area contributed by atoms with Gasteiger partial charge >= 0.3 is 5.69 Å². The Kier molecular flexibility index (Phi) is 6.29. The summed E-state index contributed by atoms with van der Waals surface area (Å²) in [5.41, 5.74) is 2.24. The van der Waals surface area contributed by atoms with Crippen LogP contribution in [0.25, 0.3) is 11.0 Å². The van der Waals surface area contributed by atoms with Gasteiger partial charge in [-0.05, 0) is 56.6 Å². The molecule has 1 saturated heterocycles. The van der Waals surface area contributed by atoms with Crippen LogP contribution in [0.4, 0.5) is 5.69 Å². The summed E-state index contributed by atoms with van der Waals surface area (Å²) < 4.78 is 10.7. The van der Waals surface area contributed by atoms with Crippen LogP contribution < -0.4 is 16.6 Å². The monoisotopic (exact) mass is 471 g/mol. The molecule has 33 heavy (non-hydrogen) atoms. The Balaban J connectivity index is 1.28. The van der Waals surface area contributed by atoms with Crippen LogP contribution in [-0.4, -0.2) is 38.7 Å². The van der Waals surface area contributed by atoms with Crippen molar-refractivity contribution in [3.63, 3.8) is 0 Å². The quantitative estimate of drug-likeness (QED) is 0.612. The number of imidazole rings is 1. The number of ether oxygens (including phenoxy) is 1. The molecule has 1 atom stereocenters. The Morgan fingerprint density at radius 2 is 1.82 bits per heavy atom. The Labute approximate surface area is 197 Å². The molecule has 3 heterocycles. The first-order valence-corrected chi connectivity index (χ1v) is 12.2. The molecule has 1 aromatic carbocycles. The predicted molar refractivity (Wildman–Crippen MR) is 129 cm³/mol. The number of anilines is 1. The summed E-state index contributed by atoms with van der Waals surface area (Å²) in [6, 6.07) is 7.99. The van der Waals surface area contributed by atoms with E-state index in [9.17, 15) is 9.59 Å². The average molecular weight is 472 g/mol. The molecule has 3 aromatic rings. The van der Waals surface area contributed by atoms with E-state index in [4.69, 9.17) is 16.3 Å². The second-order valence-electron chi connectivity index (χ2n) is 9.25. The lowest BCUT2D eigenvalue weighted by molar-refractivity contribution is 0.0595. The third kappa shape index (κ3) is 4.22. The van der Waals surface area contributed by atoms with Gasteiger partial charge in [-0.1, -0.05) is 23.7 Å². The van der Waals surface area contributed by atoms with Crippen molar-refractivity contribution in [3.8, 4) is 0 Å². The Morgan fingerprint density at radius 1 is 1.09 bits per heavy atom. The van der Waals surface area contributed by atoms with Gasteiger partial charge in [-0.2, -0.15) is 5.10 Å². The molecule has 176 valence electrons. The Morgan fingerprint density at radius 3 is 2.55 bits per heavy atom. The highest BCUT2D eigenvalue weighted by atomic mass is 35.5. The summed E-state index contributed by atoms with van der Waals surface area (Å²) in [6.07, 6.45) is 7.00. The summed E-state index contributed by atoms with van der Waals surface area (Å²) in [6.45, 7) is 2.28. The van der Waals surface area contributed by atoms with E-state index in [0.29, 0.717) is 11.6 Å². The van der Waals surface area contributed by atoms with Crippen LogP contribution in [0.3, 0.4) is 0 Å². The number of halogens is 1. The molecule has 9 heteroatoms. The molecule has 1 unspecified atom stereocenters. The molecule has 2 fully saturated rings. The summed E-state index contributed by atoms with van der Waals surface area (Å²) >= 11 is 6.43. The Hall–Kier alpha value is -2.58. The minimum atomic E-state index is -0.257. The molecule has 2 aliphatic rings. The van der Waals surface area contributed by atoms with Crippen LogP contribution >= 0.6 is 11.6 Å². The number of hydrogen-bond acceptors (Lipinski definition) is 5. The largest absolute Gasteiger partial charge is 0.382 e. The van der Waals surface area contributed by atoms with Crippen molar-refractivity contribution >= 4 is 28.3 Å². The number of para-hydroxylation sites is 2. The number of rotatable bonds is 5. The maximum absolute atomic E-state index is 13.0. The highest BCUT2D eigenvalue weighted by molar-refractivity contribution is 6.32. The number of nitrogens with one attached hydrogen (secondary N) is 1. The zero-order valence-corrected chi connectivity index (χ0v) is 19.6. The number of nitrogens with zero attached hydrogens (tertiary/aromatic N) is 4. The van der Waals surface area contributed by atoms with Crippen molar-refractivity contribution in [2.45, 2.75) is 50.6 Å². The van der Waals surface area contributed by atoms with Gasteiger partial charge in [-0.3, -0.25) is 13.9 Å². The van der Waals surface area contributed by atoms with Crippen molar-refractivity contribution < 1.29 is 4.74 Å². The minimum absolute atomic E-state index is 0.0109. The van der Waals surface area contributed by atoms with Crippen molar-refractivity contribution in [2.75, 3.05) is 25.1 Å². The molecule has 8 nitrogen and oxygen atoms in total. The lowest BCUT2D eigenvalue weighted by Crippen LogP contribution is -2.33. The van der Waals surface area contributed by atoms with Gasteiger partial charge in [-0.25, -0.2) is 9.48 Å². The third-order valence-corrected chi connectivity index (χ3v) is 7.52. The lowest BCUT2D eigenvalue weighted by atomic mass is 9.91. The smallest absolute Gasteiger partial charge is 0.329 e. The predicted octanol–water partition coefficient (Wildman–Crippen LogP) is 3.75. The van der Waals surface area contributed by atoms with E-state index in [1.807, 2.05) is 35.9 Å². The standard InChI is InChI=1S/C24H30ClN5O3/c1-28-20-6-2-3-7-21(20)29(24(28)32)17-8-10-18(11-9-17)30-23(31)22(25)19(14-27-30)26-13-16-5-4-12-33-15-16/h2-3,6-7,14,16-18,26H,4-5,8-13,15H2,1H3. The first kappa shape index (κ1) is 22.2. The fourth-order valence-corrected chi connectivity index (χ4v) is 5.49. The minimum Gasteiger partial charge on any atom is -0.382 e. The molecule has 0 amide bonds. The maximum atomic E-state index is 13.0. The number of aryl methyl sites for hydroxylation is 1. The summed E-state index contributed by atoms with van der Waals surface area (Å²) in [7, 11) is 1.81. The van der Waals surface area contributed by atoms with Crippen molar-refractivity contribution in [2.24, 2.45) is 13.0 Å². The van der Waals surface area contributed by atoms with Gasteiger partial charge in [0.05, 0.1) is 35.6 Å². The summed E-state index contributed by atoms with van der Waals surface area (Å²) in [5.74, 6) is 0.421. The molecular formula is C24H30ClN5O3. The second kappa shape index (κ2) is 9.35. The van der Waals surface area contributed by atoms with E-state index in [1.165, 1.54) is 4.68 Å². The second-order valence-corrected chi connectivity index (χ2v) is 9.63. The molecule has 2 aromatic heterocycles. The highest BCUT2D eigenvalue weighted by Gasteiger charge is 2.28. The van der Waals surface area contributed by atoms with E-state index < -0.39 is 0 Å². The van der Waals surface area contributed by atoms with E-state index in [2.05, 4.69) is 10.4 Å². The number of aromatic nitrogens is 4. The molecule has 0 radical (unpaired) electrons. The van der Waals surface area contributed by atoms with Crippen molar-refractivity contribution in [1.82, 2.24) is 18.9 Å². The van der Waals surface area contributed by atoms with Gasteiger partial charge in [0.15, 0.2) is 0 Å². The topological polar surface area (TPSA) is 83.1 Å². The van der Waals surface area contributed by atoms with E-state index >= 15 is 0 Å². The van der Waals surface area contributed by atoms with Gasteiger partial charge < -0.3 is 10.1 Å². The van der Waals surface area contributed by atoms with Crippen molar-refractivity contribution in [3.05, 3.63) is 56.3 Å². The average Bonchev–Trinajstić information content (AvgIpc) is 3.11. The van der Waals surface area contributed by atoms with E-state index in [0.717, 1.165) is 69.3 Å².